The first-order chi connectivity index (χ1) is 16.2. The largest absolute Gasteiger partial charge is 0.323 e. The molecule has 0 unspecified atom stereocenters. The van der Waals surface area contributed by atoms with Gasteiger partial charge in [-0.2, -0.15) is 10.2 Å². The summed E-state index contributed by atoms with van der Waals surface area (Å²) in [6.07, 6.45) is 6.94. The number of hydrogen-bond donors (Lipinski definition) is 2. The zero-order chi connectivity index (χ0) is 24.0. The van der Waals surface area contributed by atoms with Gasteiger partial charge in [0, 0.05) is 47.3 Å². The van der Waals surface area contributed by atoms with Crippen molar-refractivity contribution in [2.24, 2.45) is 7.05 Å². The number of H-pyrrole nitrogens is 1. The standard InChI is InChI=1S/C23H23FN6O2S2/c1-13-8-20(29-28-13)26-23-22(14-4-5-14)17(15-11-25-30(2)12-15)10-21(27-23)33-19-7-6-16(9-18(19)24)34(3,31)32/h6-12,14H,4-5H2,1-3H3,(H2,26,27,28,29). The quantitative estimate of drug-likeness (QED) is 0.376. The lowest BCUT2D eigenvalue weighted by Gasteiger charge is -2.16. The van der Waals surface area contributed by atoms with Gasteiger partial charge < -0.3 is 5.32 Å². The second-order valence-electron chi connectivity index (χ2n) is 8.47. The van der Waals surface area contributed by atoms with Crippen LogP contribution in [0.1, 0.15) is 30.0 Å². The van der Waals surface area contributed by atoms with Crippen molar-refractivity contribution >= 4 is 33.2 Å². The minimum atomic E-state index is -3.50. The molecule has 1 aromatic carbocycles. The molecular weight excluding hydrogens is 475 g/mol. The Hall–Kier alpha value is -3.18. The van der Waals surface area contributed by atoms with Gasteiger partial charge in [0.1, 0.15) is 16.7 Å². The van der Waals surface area contributed by atoms with Crippen LogP contribution in [0.3, 0.4) is 0 Å². The number of hydrogen-bond acceptors (Lipinski definition) is 7. The molecule has 3 aromatic heterocycles. The van der Waals surface area contributed by atoms with Crippen LogP contribution in [0.2, 0.25) is 0 Å². The van der Waals surface area contributed by atoms with Crippen molar-refractivity contribution in [3.05, 3.63) is 59.8 Å². The maximum atomic E-state index is 14.8. The van der Waals surface area contributed by atoms with Crippen LogP contribution in [0.5, 0.6) is 0 Å². The number of nitrogens with zero attached hydrogens (tertiary/aromatic N) is 4. The van der Waals surface area contributed by atoms with E-state index in [4.69, 9.17) is 4.98 Å². The third-order valence-electron chi connectivity index (χ3n) is 5.54. The lowest BCUT2D eigenvalue weighted by atomic mass is 10.00. The third kappa shape index (κ3) is 4.71. The van der Waals surface area contributed by atoms with Gasteiger partial charge in [-0.25, -0.2) is 17.8 Å². The van der Waals surface area contributed by atoms with Gasteiger partial charge in [-0.15, -0.1) is 0 Å². The molecule has 1 saturated carbocycles. The Morgan fingerprint density at radius 3 is 2.62 bits per heavy atom. The van der Waals surface area contributed by atoms with Gasteiger partial charge in [0.05, 0.1) is 11.1 Å². The van der Waals surface area contributed by atoms with Gasteiger partial charge in [0.15, 0.2) is 15.7 Å². The predicted molar refractivity (Wildman–Crippen MR) is 129 cm³/mol. The summed E-state index contributed by atoms with van der Waals surface area (Å²) in [6, 6.07) is 7.77. The highest BCUT2D eigenvalue weighted by Crippen LogP contribution is 2.49. The molecule has 1 aliphatic rings. The fourth-order valence-electron chi connectivity index (χ4n) is 3.77. The number of sulfone groups is 1. The van der Waals surface area contributed by atoms with Gasteiger partial charge in [-0.1, -0.05) is 11.8 Å². The minimum absolute atomic E-state index is 0.0568. The van der Waals surface area contributed by atoms with E-state index in [0.29, 0.717) is 22.6 Å². The molecule has 1 aliphatic carbocycles. The number of aromatic amines is 1. The van der Waals surface area contributed by atoms with Gasteiger partial charge in [0.2, 0.25) is 0 Å². The molecule has 3 heterocycles. The van der Waals surface area contributed by atoms with E-state index in [-0.39, 0.29) is 9.79 Å². The SMILES string of the molecule is Cc1cc(Nc2nc(Sc3ccc(S(C)(=O)=O)cc3F)cc(-c3cnn(C)c3)c2C2CC2)n[nH]1. The Morgan fingerprint density at radius 1 is 1.24 bits per heavy atom. The van der Waals surface area contributed by atoms with Crippen LogP contribution in [0.4, 0.5) is 16.0 Å². The number of rotatable bonds is 7. The molecule has 0 saturated heterocycles. The molecule has 4 aromatic rings. The zero-order valence-electron chi connectivity index (χ0n) is 18.8. The van der Waals surface area contributed by atoms with Gasteiger partial charge in [-0.05, 0) is 55.5 Å². The van der Waals surface area contributed by atoms with Crippen molar-refractivity contribution in [3.63, 3.8) is 0 Å². The fraction of sp³-hybridized carbons (Fsp3) is 0.261. The molecule has 0 bridgehead atoms. The van der Waals surface area contributed by atoms with Gasteiger partial charge >= 0.3 is 0 Å². The molecule has 176 valence electrons. The molecule has 5 rings (SSSR count). The Bertz CT molecular complexity index is 1490. The van der Waals surface area contributed by atoms with Crippen molar-refractivity contribution < 1.29 is 12.8 Å². The summed E-state index contributed by atoms with van der Waals surface area (Å²) in [5, 5.41) is 15.4. The van der Waals surface area contributed by atoms with Crippen molar-refractivity contribution in [1.82, 2.24) is 25.0 Å². The monoisotopic (exact) mass is 498 g/mol. The zero-order valence-corrected chi connectivity index (χ0v) is 20.5. The van der Waals surface area contributed by atoms with Crippen molar-refractivity contribution in [3.8, 4) is 11.1 Å². The average molecular weight is 499 g/mol. The average Bonchev–Trinajstić information content (AvgIpc) is 3.38. The highest BCUT2D eigenvalue weighted by molar-refractivity contribution is 7.99. The number of aromatic nitrogens is 5. The number of aryl methyl sites for hydroxylation is 2. The summed E-state index contributed by atoms with van der Waals surface area (Å²) in [6.45, 7) is 1.92. The van der Waals surface area contributed by atoms with E-state index in [2.05, 4.69) is 20.6 Å². The predicted octanol–water partition coefficient (Wildman–Crippen LogP) is 4.83. The smallest absolute Gasteiger partial charge is 0.175 e. The van der Waals surface area contributed by atoms with Crippen LogP contribution in [0.15, 0.2) is 57.5 Å². The van der Waals surface area contributed by atoms with Crippen LogP contribution >= 0.6 is 11.8 Å². The summed E-state index contributed by atoms with van der Waals surface area (Å²) in [4.78, 5) is 5.06. The molecule has 11 heteroatoms. The summed E-state index contributed by atoms with van der Waals surface area (Å²) in [7, 11) is -1.63. The highest BCUT2D eigenvalue weighted by atomic mass is 32.2. The number of anilines is 2. The number of benzene rings is 1. The molecule has 0 atom stereocenters. The van der Waals surface area contributed by atoms with E-state index in [1.165, 1.54) is 12.1 Å². The second-order valence-corrected chi connectivity index (χ2v) is 11.6. The summed E-state index contributed by atoms with van der Waals surface area (Å²) in [5.74, 6) is 1.08. The van der Waals surface area contributed by atoms with E-state index in [1.807, 2.05) is 32.3 Å². The number of pyridine rings is 1. The van der Waals surface area contributed by atoms with Gasteiger partial charge in [0.25, 0.3) is 0 Å². The Kier molecular flexibility index (Phi) is 5.68. The lowest BCUT2D eigenvalue weighted by molar-refractivity contribution is 0.586. The second kappa shape index (κ2) is 8.55. The third-order valence-corrected chi connectivity index (χ3v) is 7.61. The van der Waals surface area contributed by atoms with E-state index >= 15 is 0 Å². The van der Waals surface area contributed by atoms with Crippen LogP contribution in [-0.2, 0) is 16.9 Å². The van der Waals surface area contributed by atoms with E-state index in [9.17, 15) is 12.8 Å². The van der Waals surface area contributed by atoms with Crippen LogP contribution < -0.4 is 5.32 Å². The first kappa shape index (κ1) is 22.6. The molecule has 1 fully saturated rings. The van der Waals surface area contributed by atoms with Gasteiger partial charge in [-0.3, -0.25) is 9.78 Å². The molecule has 0 aliphatic heterocycles. The van der Waals surface area contributed by atoms with Crippen LogP contribution in [0.25, 0.3) is 11.1 Å². The minimum Gasteiger partial charge on any atom is -0.323 e. The van der Waals surface area contributed by atoms with Crippen molar-refractivity contribution in [2.75, 3.05) is 11.6 Å². The molecule has 8 nitrogen and oxygen atoms in total. The lowest BCUT2D eigenvalue weighted by Crippen LogP contribution is -2.03. The first-order valence-electron chi connectivity index (χ1n) is 10.7. The normalized spacial score (nSPS) is 13.9. The summed E-state index contributed by atoms with van der Waals surface area (Å²) in [5.41, 5.74) is 3.94. The van der Waals surface area contributed by atoms with Crippen molar-refractivity contribution in [2.45, 2.75) is 40.5 Å². The van der Waals surface area contributed by atoms with E-state index < -0.39 is 15.7 Å². The molecular formula is C23H23FN6O2S2. The molecule has 0 radical (unpaired) electrons. The molecule has 34 heavy (non-hydrogen) atoms. The Labute approximate surface area is 200 Å². The maximum Gasteiger partial charge on any atom is 0.175 e. The number of nitrogens with one attached hydrogen (secondary N) is 2. The maximum absolute atomic E-state index is 14.8. The van der Waals surface area contributed by atoms with Crippen molar-refractivity contribution in [1.29, 1.82) is 0 Å². The molecule has 2 N–H and O–H groups in total. The highest BCUT2D eigenvalue weighted by Gasteiger charge is 2.31. The summed E-state index contributed by atoms with van der Waals surface area (Å²) >= 11 is 1.14. The fourth-order valence-corrected chi connectivity index (χ4v) is 5.24. The van der Waals surface area contributed by atoms with E-state index in [0.717, 1.165) is 59.3 Å². The summed E-state index contributed by atoms with van der Waals surface area (Å²) < 4.78 is 40.1. The number of halogens is 1. The Balaban J connectivity index is 1.60. The van der Waals surface area contributed by atoms with Crippen LogP contribution in [-0.4, -0.2) is 39.6 Å². The first-order valence-corrected chi connectivity index (χ1v) is 13.4. The van der Waals surface area contributed by atoms with Crippen LogP contribution in [0, 0.1) is 12.7 Å². The molecule has 0 spiro atoms. The Morgan fingerprint density at radius 2 is 2.03 bits per heavy atom. The van der Waals surface area contributed by atoms with E-state index in [1.54, 1.807) is 10.9 Å². The topological polar surface area (TPSA) is 106 Å². The molecule has 0 amide bonds.